The highest BCUT2D eigenvalue weighted by atomic mass is 15.4. The lowest BCUT2D eigenvalue weighted by atomic mass is 10.0. The van der Waals surface area contributed by atoms with E-state index in [1.54, 1.807) is 0 Å². The Hall–Kier alpha value is -0.0400. The maximum atomic E-state index is 2.39. The topological polar surface area (TPSA) is 0 Å². The van der Waals surface area contributed by atoms with Crippen LogP contribution >= 0.6 is 0 Å². The molecule has 1 unspecified atom stereocenters. The standard InChI is InChI=1S/C11H26N/c1-7-12(8-2,9-3)11(6)10(4)5/h10-11H,7-9H2,1-6H3/q+1. The highest BCUT2D eigenvalue weighted by Crippen LogP contribution is 2.19. The molecule has 0 aliphatic rings. The summed E-state index contributed by atoms with van der Waals surface area (Å²) in [6, 6.07) is 0.796. The van der Waals surface area contributed by atoms with Crippen molar-refractivity contribution in [2.45, 2.75) is 47.6 Å². The van der Waals surface area contributed by atoms with Gasteiger partial charge in [0.2, 0.25) is 0 Å². The van der Waals surface area contributed by atoms with Gasteiger partial charge in [-0.05, 0) is 27.7 Å². The molecule has 0 aromatic carbocycles. The first-order chi connectivity index (χ1) is 5.54. The first kappa shape index (κ1) is 12.0. The molecule has 1 nitrogen and oxygen atoms in total. The van der Waals surface area contributed by atoms with E-state index in [4.69, 9.17) is 0 Å². The summed E-state index contributed by atoms with van der Waals surface area (Å²) in [5.74, 6) is 0.796. The van der Waals surface area contributed by atoms with E-state index in [2.05, 4.69) is 41.5 Å². The van der Waals surface area contributed by atoms with Gasteiger partial charge in [0.1, 0.15) is 0 Å². The molecule has 0 bridgehead atoms. The minimum Gasteiger partial charge on any atom is -0.322 e. The van der Waals surface area contributed by atoms with E-state index in [1.165, 1.54) is 24.1 Å². The van der Waals surface area contributed by atoms with Crippen LogP contribution in [0.25, 0.3) is 0 Å². The molecule has 0 N–H and O–H groups in total. The second-order valence-electron chi connectivity index (χ2n) is 4.15. The van der Waals surface area contributed by atoms with E-state index in [0.29, 0.717) is 0 Å². The van der Waals surface area contributed by atoms with Crippen molar-refractivity contribution in [2.75, 3.05) is 19.6 Å². The van der Waals surface area contributed by atoms with Crippen LogP contribution in [-0.4, -0.2) is 30.2 Å². The maximum Gasteiger partial charge on any atom is 0.0884 e. The molecule has 12 heavy (non-hydrogen) atoms. The van der Waals surface area contributed by atoms with Gasteiger partial charge in [-0.15, -0.1) is 0 Å². The van der Waals surface area contributed by atoms with Gasteiger partial charge in [0, 0.05) is 5.92 Å². The van der Waals surface area contributed by atoms with E-state index < -0.39 is 0 Å². The Morgan fingerprint density at radius 2 is 1.17 bits per heavy atom. The number of quaternary nitrogens is 1. The van der Waals surface area contributed by atoms with E-state index in [-0.39, 0.29) is 0 Å². The Kier molecular flexibility index (Phi) is 4.84. The smallest absolute Gasteiger partial charge is 0.0884 e. The largest absolute Gasteiger partial charge is 0.322 e. The summed E-state index contributed by atoms with van der Waals surface area (Å²) < 4.78 is 1.28. The summed E-state index contributed by atoms with van der Waals surface area (Å²) in [5.41, 5.74) is 0. The van der Waals surface area contributed by atoms with Crippen LogP contribution < -0.4 is 0 Å². The molecule has 0 aromatic rings. The average Bonchev–Trinajstić information content (AvgIpc) is 2.08. The molecular formula is C11H26N+. The lowest BCUT2D eigenvalue weighted by Crippen LogP contribution is -2.55. The van der Waals surface area contributed by atoms with E-state index >= 15 is 0 Å². The minimum absolute atomic E-state index is 0.796. The van der Waals surface area contributed by atoms with Crippen molar-refractivity contribution in [3.05, 3.63) is 0 Å². The Bertz CT molecular complexity index is 106. The van der Waals surface area contributed by atoms with Gasteiger partial charge in [-0.1, -0.05) is 13.8 Å². The van der Waals surface area contributed by atoms with Crippen LogP contribution in [0.3, 0.4) is 0 Å². The third kappa shape index (κ3) is 2.22. The van der Waals surface area contributed by atoms with Gasteiger partial charge in [-0.25, -0.2) is 0 Å². The molecule has 0 amide bonds. The molecule has 0 aliphatic heterocycles. The lowest BCUT2D eigenvalue weighted by molar-refractivity contribution is -0.948. The highest BCUT2D eigenvalue weighted by molar-refractivity contribution is 4.57. The third-order valence-corrected chi connectivity index (χ3v) is 3.72. The Balaban J connectivity index is 4.46. The Morgan fingerprint density at radius 3 is 1.25 bits per heavy atom. The van der Waals surface area contributed by atoms with Crippen LogP contribution in [0, 0.1) is 5.92 Å². The predicted molar refractivity (Wildman–Crippen MR) is 56.2 cm³/mol. The van der Waals surface area contributed by atoms with Crippen molar-refractivity contribution >= 4 is 0 Å². The van der Waals surface area contributed by atoms with Crippen molar-refractivity contribution in [1.82, 2.24) is 0 Å². The van der Waals surface area contributed by atoms with Crippen LogP contribution in [0.15, 0.2) is 0 Å². The zero-order chi connectivity index (χ0) is 9.78. The summed E-state index contributed by atoms with van der Waals surface area (Å²) in [7, 11) is 0. The summed E-state index contributed by atoms with van der Waals surface area (Å²) in [6.45, 7) is 17.8. The number of rotatable bonds is 5. The van der Waals surface area contributed by atoms with Crippen LogP contribution in [-0.2, 0) is 0 Å². The van der Waals surface area contributed by atoms with Crippen LogP contribution in [0.5, 0.6) is 0 Å². The first-order valence-electron chi connectivity index (χ1n) is 5.39. The fourth-order valence-corrected chi connectivity index (χ4v) is 2.17. The quantitative estimate of drug-likeness (QED) is 0.559. The molecule has 74 valence electrons. The van der Waals surface area contributed by atoms with Crippen LogP contribution in [0.2, 0.25) is 0 Å². The van der Waals surface area contributed by atoms with Gasteiger partial charge in [0.05, 0.1) is 25.7 Å². The highest BCUT2D eigenvalue weighted by Gasteiger charge is 2.30. The van der Waals surface area contributed by atoms with Crippen molar-refractivity contribution in [3.8, 4) is 0 Å². The molecule has 0 aliphatic carbocycles. The maximum absolute atomic E-state index is 2.39. The SMILES string of the molecule is CC[N+](CC)(CC)C(C)C(C)C. The molecule has 0 radical (unpaired) electrons. The second kappa shape index (κ2) is 4.86. The monoisotopic (exact) mass is 172 g/mol. The average molecular weight is 172 g/mol. The van der Waals surface area contributed by atoms with Crippen molar-refractivity contribution in [1.29, 1.82) is 0 Å². The van der Waals surface area contributed by atoms with Crippen LogP contribution in [0.4, 0.5) is 0 Å². The van der Waals surface area contributed by atoms with Gasteiger partial charge in [-0.2, -0.15) is 0 Å². The summed E-state index contributed by atoms with van der Waals surface area (Å²) >= 11 is 0. The fraction of sp³-hybridized carbons (Fsp3) is 1.00. The van der Waals surface area contributed by atoms with Crippen molar-refractivity contribution in [2.24, 2.45) is 5.92 Å². The number of nitrogens with zero attached hydrogens (tertiary/aromatic N) is 1. The molecule has 1 heteroatoms. The molecule has 0 fully saturated rings. The normalized spacial score (nSPS) is 15.2. The molecule has 0 spiro atoms. The predicted octanol–water partition coefficient (Wildman–Crippen LogP) is 2.91. The summed E-state index contributed by atoms with van der Waals surface area (Å²) in [5, 5.41) is 0. The van der Waals surface area contributed by atoms with Gasteiger partial charge in [-0.3, -0.25) is 0 Å². The number of hydrogen-bond donors (Lipinski definition) is 0. The Labute approximate surface area is 78.4 Å². The third-order valence-electron chi connectivity index (χ3n) is 3.72. The molecule has 1 atom stereocenters. The molecule has 0 aromatic heterocycles. The van der Waals surface area contributed by atoms with Gasteiger partial charge >= 0.3 is 0 Å². The first-order valence-corrected chi connectivity index (χ1v) is 5.39. The second-order valence-corrected chi connectivity index (χ2v) is 4.15. The van der Waals surface area contributed by atoms with Crippen molar-refractivity contribution in [3.63, 3.8) is 0 Å². The van der Waals surface area contributed by atoms with Gasteiger partial charge in [0.25, 0.3) is 0 Å². The summed E-state index contributed by atoms with van der Waals surface area (Å²) in [4.78, 5) is 0. The van der Waals surface area contributed by atoms with Crippen LogP contribution in [0.1, 0.15) is 41.5 Å². The molecule has 0 saturated carbocycles. The summed E-state index contributed by atoms with van der Waals surface area (Å²) in [6.07, 6.45) is 0. The van der Waals surface area contributed by atoms with E-state index in [9.17, 15) is 0 Å². The fourth-order valence-electron chi connectivity index (χ4n) is 2.17. The Morgan fingerprint density at radius 1 is 0.833 bits per heavy atom. The lowest BCUT2D eigenvalue weighted by Gasteiger charge is -2.43. The molecule has 0 heterocycles. The zero-order valence-corrected chi connectivity index (χ0v) is 9.72. The molecule has 0 saturated heterocycles. The minimum atomic E-state index is 0.796. The van der Waals surface area contributed by atoms with E-state index in [1.807, 2.05) is 0 Å². The van der Waals surface area contributed by atoms with E-state index in [0.717, 1.165) is 12.0 Å². The van der Waals surface area contributed by atoms with Gasteiger partial charge in [0.15, 0.2) is 0 Å². The number of hydrogen-bond acceptors (Lipinski definition) is 0. The molecule has 0 rings (SSSR count). The zero-order valence-electron chi connectivity index (χ0n) is 9.72. The molecular weight excluding hydrogens is 146 g/mol. The van der Waals surface area contributed by atoms with Gasteiger partial charge < -0.3 is 4.48 Å². The van der Waals surface area contributed by atoms with Crippen molar-refractivity contribution < 1.29 is 4.48 Å².